The second-order valence-electron chi connectivity index (χ2n) is 5.86. The first kappa shape index (κ1) is 16.6. The van der Waals surface area contributed by atoms with Gasteiger partial charge in [-0.25, -0.2) is 24.1 Å². The van der Waals surface area contributed by atoms with Crippen molar-refractivity contribution >= 4 is 23.0 Å². The van der Waals surface area contributed by atoms with Crippen molar-refractivity contribution in [2.45, 2.75) is 0 Å². The summed E-state index contributed by atoms with van der Waals surface area (Å²) in [6.07, 6.45) is 0. The SMILES string of the molecule is Nc1nc(-c2ccccc2)c2nc(-c3ccc(C(=O)O)c(F)c3)ccc2n1. The van der Waals surface area contributed by atoms with E-state index in [1.54, 1.807) is 12.1 Å². The number of hydrogen-bond donors (Lipinski definition) is 2. The summed E-state index contributed by atoms with van der Waals surface area (Å²) >= 11 is 0. The number of pyridine rings is 1. The summed E-state index contributed by atoms with van der Waals surface area (Å²) in [6.45, 7) is 0. The molecule has 2 heterocycles. The van der Waals surface area contributed by atoms with Crippen molar-refractivity contribution in [3.63, 3.8) is 0 Å². The Morgan fingerprint density at radius 3 is 2.41 bits per heavy atom. The number of anilines is 1. The molecule has 0 saturated heterocycles. The molecule has 0 amide bonds. The minimum Gasteiger partial charge on any atom is -0.478 e. The van der Waals surface area contributed by atoms with Gasteiger partial charge < -0.3 is 10.8 Å². The highest BCUT2D eigenvalue weighted by Crippen LogP contribution is 2.28. The average molecular weight is 360 g/mol. The van der Waals surface area contributed by atoms with E-state index in [9.17, 15) is 9.18 Å². The summed E-state index contributed by atoms with van der Waals surface area (Å²) in [5.74, 6) is -2.01. The lowest BCUT2D eigenvalue weighted by Crippen LogP contribution is -2.01. The molecule has 0 unspecified atom stereocenters. The van der Waals surface area contributed by atoms with Gasteiger partial charge in [0.2, 0.25) is 5.95 Å². The zero-order valence-electron chi connectivity index (χ0n) is 13.9. The van der Waals surface area contributed by atoms with E-state index in [2.05, 4.69) is 15.0 Å². The fourth-order valence-corrected chi connectivity index (χ4v) is 2.84. The molecule has 0 aliphatic rings. The van der Waals surface area contributed by atoms with Crippen LogP contribution in [0.25, 0.3) is 33.5 Å². The van der Waals surface area contributed by atoms with Crippen molar-refractivity contribution in [2.24, 2.45) is 0 Å². The molecular weight excluding hydrogens is 347 g/mol. The third-order valence-electron chi connectivity index (χ3n) is 4.10. The fraction of sp³-hybridized carbons (Fsp3) is 0. The van der Waals surface area contributed by atoms with Crippen molar-refractivity contribution in [1.82, 2.24) is 15.0 Å². The van der Waals surface area contributed by atoms with Crippen LogP contribution in [0.4, 0.5) is 10.3 Å². The van der Waals surface area contributed by atoms with Gasteiger partial charge in [-0.1, -0.05) is 36.4 Å². The first-order chi connectivity index (χ1) is 13.0. The molecule has 2 aromatic heterocycles. The first-order valence-corrected chi connectivity index (χ1v) is 8.06. The number of nitrogens with zero attached hydrogens (tertiary/aromatic N) is 3. The largest absolute Gasteiger partial charge is 0.478 e. The lowest BCUT2D eigenvalue weighted by molar-refractivity contribution is 0.0692. The lowest BCUT2D eigenvalue weighted by atomic mass is 10.1. The molecule has 0 atom stereocenters. The van der Waals surface area contributed by atoms with Crippen LogP contribution in [0.15, 0.2) is 60.7 Å². The topological polar surface area (TPSA) is 102 Å². The molecule has 0 radical (unpaired) electrons. The Hall–Kier alpha value is -3.87. The van der Waals surface area contributed by atoms with Gasteiger partial charge in [0.15, 0.2) is 0 Å². The second kappa shape index (κ2) is 6.45. The average Bonchev–Trinajstić information content (AvgIpc) is 2.67. The number of nitrogen functional groups attached to an aromatic ring is 1. The fourth-order valence-electron chi connectivity index (χ4n) is 2.84. The molecule has 27 heavy (non-hydrogen) atoms. The Balaban J connectivity index is 1.91. The van der Waals surface area contributed by atoms with Crippen molar-refractivity contribution in [3.05, 3.63) is 72.0 Å². The molecule has 0 spiro atoms. The first-order valence-electron chi connectivity index (χ1n) is 8.06. The van der Waals surface area contributed by atoms with Gasteiger partial charge in [0.25, 0.3) is 0 Å². The number of carboxylic acid groups (broad SMARTS) is 1. The number of rotatable bonds is 3. The molecule has 0 fully saturated rings. The maximum Gasteiger partial charge on any atom is 0.338 e. The normalized spacial score (nSPS) is 10.9. The van der Waals surface area contributed by atoms with Crippen LogP contribution in [0.5, 0.6) is 0 Å². The number of nitrogens with two attached hydrogens (primary N) is 1. The number of aromatic carboxylic acids is 1. The lowest BCUT2D eigenvalue weighted by Gasteiger charge is -2.09. The number of benzene rings is 2. The Labute approximate surface area is 153 Å². The molecular formula is C20H13FN4O2. The Morgan fingerprint density at radius 2 is 1.70 bits per heavy atom. The molecule has 0 saturated carbocycles. The number of carboxylic acids is 1. The highest BCUT2D eigenvalue weighted by Gasteiger charge is 2.14. The van der Waals surface area contributed by atoms with E-state index >= 15 is 0 Å². The number of carbonyl (C=O) groups is 1. The Bertz CT molecular complexity index is 1180. The van der Waals surface area contributed by atoms with Crippen molar-refractivity contribution < 1.29 is 14.3 Å². The third-order valence-corrected chi connectivity index (χ3v) is 4.10. The summed E-state index contributed by atoms with van der Waals surface area (Å²) in [5, 5.41) is 8.97. The van der Waals surface area contributed by atoms with E-state index in [4.69, 9.17) is 10.8 Å². The Kier molecular flexibility index (Phi) is 3.97. The van der Waals surface area contributed by atoms with E-state index in [1.807, 2.05) is 30.3 Å². The van der Waals surface area contributed by atoms with Crippen LogP contribution in [0, 0.1) is 5.82 Å². The molecule has 132 valence electrons. The quantitative estimate of drug-likeness (QED) is 0.576. The van der Waals surface area contributed by atoms with Crippen LogP contribution in [-0.2, 0) is 0 Å². The zero-order valence-corrected chi connectivity index (χ0v) is 13.9. The molecule has 3 N–H and O–H groups in total. The highest BCUT2D eigenvalue weighted by molar-refractivity contribution is 5.92. The number of fused-ring (bicyclic) bond motifs is 1. The summed E-state index contributed by atoms with van der Waals surface area (Å²) in [7, 11) is 0. The van der Waals surface area contributed by atoms with Crippen molar-refractivity contribution in [3.8, 4) is 22.5 Å². The monoisotopic (exact) mass is 360 g/mol. The summed E-state index contributed by atoms with van der Waals surface area (Å²) in [4.78, 5) is 24.1. The summed E-state index contributed by atoms with van der Waals surface area (Å²) < 4.78 is 14.0. The molecule has 2 aromatic carbocycles. The molecule has 4 aromatic rings. The van der Waals surface area contributed by atoms with Gasteiger partial charge in [-0.3, -0.25) is 0 Å². The van der Waals surface area contributed by atoms with Crippen LogP contribution in [-0.4, -0.2) is 26.0 Å². The minimum atomic E-state index is -1.32. The maximum absolute atomic E-state index is 14.0. The molecule has 7 heteroatoms. The zero-order chi connectivity index (χ0) is 19.0. The number of halogens is 1. The van der Waals surface area contributed by atoms with Crippen LogP contribution < -0.4 is 5.73 Å². The van der Waals surface area contributed by atoms with E-state index in [-0.39, 0.29) is 11.5 Å². The van der Waals surface area contributed by atoms with Crippen LogP contribution in [0.3, 0.4) is 0 Å². The van der Waals surface area contributed by atoms with E-state index in [0.717, 1.165) is 11.6 Å². The van der Waals surface area contributed by atoms with Gasteiger partial charge in [-0.05, 0) is 24.3 Å². The van der Waals surface area contributed by atoms with Crippen LogP contribution in [0.1, 0.15) is 10.4 Å². The number of hydrogen-bond acceptors (Lipinski definition) is 5. The molecule has 4 rings (SSSR count). The van der Waals surface area contributed by atoms with Crippen molar-refractivity contribution in [2.75, 3.05) is 5.73 Å². The predicted octanol–water partition coefficient (Wildman–Crippen LogP) is 3.78. The summed E-state index contributed by atoms with van der Waals surface area (Å²) in [6, 6.07) is 16.7. The molecule has 0 aliphatic heterocycles. The Morgan fingerprint density at radius 1 is 0.926 bits per heavy atom. The highest BCUT2D eigenvalue weighted by atomic mass is 19.1. The minimum absolute atomic E-state index is 0.132. The standard InChI is InChI=1S/C20H13FN4O2/c21-14-10-12(6-7-13(14)19(26)27)15-8-9-16-18(23-15)17(25-20(22)24-16)11-4-2-1-3-5-11/h1-10H,(H,26,27)(H2,22,24,25). The van der Waals surface area contributed by atoms with Crippen LogP contribution >= 0.6 is 0 Å². The van der Waals surface area contributed by atoms with E-state index in [1.165, 1.54) is 12.1 Å². The smallest absolute Gasteiger partial charge is 0.338 e. The third kappa shape index (κ3) is 3.06. The van der Waals surface area contributed by atoms with Crippen LogP contribution in [0.2, 0.25) is 0 Å². The summed E-state index contributed by atoms with van der Waals surface area (Å²) in [5.41, 5.74) is 8.85. The predicted molar refractivity (Wildman–Crippen MR) is 99.5 cm³/mol. The van der Waals surface area contributed by atoms with Gasteiger partial charge in [0.05, 0.1) is 16.8 Å². The maximum atomic E-state index is 14.0. The molecule has 0 bridgehead atoms. The van der Waals surface area contributed by atoms with Gasteiger partial charge in [-0.15, -0.1) is 0 Å². The van der Waals surface area contributed by atoms with Gasteiger partial charge in [-0.2, -0.15) is 0 Å². The molecule has 6 nitrogen and oxygen atoms in total. The number of aromatic nitrogens is 3. The van der Waals surface area contributed by atoms with Gasteiger partial charge >= 0.3 is 5.97 Å². The molecule has 0 aliphatic carbocycles. The van der Waals surface area contributed by atoms with Crippen molar-refractivity contribution in [1.29, 1.82) is 0 Å². The van der Waals surface area contributed by atoms with E-state index < -0.39 is 11.8 Å². The van der Waals surface area contributed by atoms with Gasteiger partial charge in [0, 0.05) is 11.1 Å². The van der Waals surface area contributed by atoms with Gasteiger partial charge in [0.1, 0.15) is 17.0 Å². The van der Waals surface area contributed by atoms with E-state index in [0.29, 0.717) is 28.0 Å². The second-order valence-corrected chi connectivity index (χ2v) is 5.86.